The standard InChI is InChI=1S/C9H15N3/c1-2-9-11-5-6-12(9)8-3-4-10-7-8/h5-6,8,10H,2-4,7H2,1H3. The van der Waals surface area contributed by atoms with Crippen molar-refractivity contribution in [3.8, 4) is 0 Å². The van der Waals surface area contributed by atoms with Gasteiger partial charge in [-0.05, 0) is 13.0 Å². The molecule has 1 atom stereocenters. The van der Waals surface area contributed by atoms with Gasteiger partial charge in [0.25, 0.3) is 0 Å². The van der Waals surface area contributed by atoms with E-state index >= 15 is 0 Å². The van der Waals surface area contributed by atoms with E-state index in [1.807, 2.05) is 6.20 Å². The maximum Gasteiger partial charge on any atom is 0.108 e. The van der Waals surface area contributed by atoms with E-state index in [1.165, 1.54) is 12.2 Å². The van der Waals surface area contributed by atoms with Crippen LogP contribution in [0.5, 0.6) is 0 Å². The van der Waals surface area contributed by atoms with Gasteiger partial charge in [-0.15, -0.1) is 0 Å². The highest BCUT2D eigenvalue weighted by Gasteiger charge is 2.17. The Bertz CT molecular complexity index is 248. The van der Waals surface area contributed by atoms with E-state index in [-0.39, 0.29) is 0 Å². The van der Waals surface area contributed by atoms with E-state index in [0.717, 1.165) is 19.5 Å². The Balaban J connectivity index is 2.19. The quantitative estimate of drug-likeness (QED) is 0.708. The molecule has 2 rings (SSSR count). The van der Waals surface area contributed by atoms with Gasteiger partial charge in [-0.1, -0.05) is 6.92 Å². The molecule has 0 aliphatic carbocycles. The number of imidazole rings is 1. The number of aryl methyl sites for hydroxylation is 1. The molecule has 0 spiro atoms. The molecule has 2 heterocycles. The summed E-state index contributed by atoms with van der Waals surface area (Å²) in [4.78, 5) is 4.31. The lowest BCUT2D eigenvalue weighted by Crippen LogP contribution is -2.14. The fraction of sp³-hybridized carbons (Fsp3) is 0.667. The second-order valence-electron chi connectivity index (χ2n) is 3.25. The Morgan fingerprint density at radius 1 is 1.75 bits per heavy atom. The Labute approximate surface area is 72.8 Å². The van der Waals surface area contributed by atoms with Crippen LogP contribution < -0.4 is 5.32 Å². The minimum absolute atomic E-state index is 0.641. The fourth-order valence-corrected chi connectivity index (χ4v) is 1.83. The summed E-state index contributed by atoms with van der Waals surface area (Å²) in [6, 6.07) is 0.641. The van der Waals surface area contributed by atoms with Crippen molar-refractivity contribution < 1.29 is 0 Å². The molecule has 1 N–H and O–H groups in total. The number of rotatable bonds is 2. The highest BCUT2D eigenvalue weighted by molar-refractivity contribution is 4.96. The van der Waals surface area contributed by atoms with Crippen molar-refractivity contribution in [3.05, 3.63) is 18.2 Å². The van der Waals surface area contributed by atoms with Gasteiger partial charge in [0.2, 0.25) is 0 Å². The summed E-state index contributed by atoms with van der Waals surface area (Å²) in [7, 11) is 0. The van der Waals surface area contributed by atoms with Crippen molar-refractivity contribution in [2.45, 2.75) is 25.8 Å². The van der Waals surface area contributed by atoms with Gasteiger partial charge in [0.1, 0.15) is 5.82 Å². The molecule has 1 aliphatic heterocycles. The molecule has 66 valence electrons. The van der Waals surface area contributed by atoms with Gasteiger partial charge in [0.05, 0.1) is 0 Å². The summed E-state index contributed by atoms with van der Waals surface area (Å²) in [5.41, 5.74) is 0. The molecule has 3 nitrogen and oxygen atoms in total. The van der Waals surface area contributed by atoms with E-state index in [1.54, 1.807) is 0 Å². The average Bonchev–Trinajstić information content (AvgIpc) is 2.74. The number of hydrogen-bond donors (Lipinski definition) is 1. The normalized spacial score (nSPS) is 23.2. The van der Waals surface area contributed by atoms with Crippen LogP contribution in [0.25, 0.3) is 0 Å². The van der Waals surface area contributed by atoms with Gasteiger partial charge in [0.15, 0.2) is 0 Å². The third-order valence-corrected chi connectivity index (χ3v) is 2.49. The van der Waals surface area contributed by atoms with Crippen LogP contribution in [0.3, 0.4) is 0 Å². The zero-order valence-corrected chi connectivity index (χ0v) is 7.45. The topological polar surface area (TPSA) is 29.9 Å². The fourth-order valence-electron chi connectivity index (χ4n) is 1.83. The average molecular weight is 165 g/mol. The molecular formula is C9H15N3. The van der Waals surface area contributed by atoms with Crippen LogP contribution in [0.2, 0.25) is 0 Å². The van der Waals surface area contributed by atoms with Crippen LogP contribution in [0.1, 0.15) is 25.2 Å². The maximum absolute atomic E-state index is 4.31. The van der Waals surface area contributed by atoms with Gasteiger partial charge >= 0.3 is 0 Å². The summed E-state index contributed by atoms with van der Waals surface area (Å²) >= 11 is 0. The van der Waals surface area contributed by atoms with Gasteiger partial charge in [-0.3, -0.25) is 0 Å². The van der Waals surface area contributed by atoms with Crippen molar-refractivity contribution in [2.24, 2.45) is 0 Å². The summed E-state index contributed by atoms with van der Waals surface area (Å²) in [5.74, 6) is 1.21. The first-order chi connectivity index (χ1) is 5.92. The Hall–Kier alpha value is -0.830. The molecule has 0 amide bonds. The van der Waals surface area contributed by atoms with Crippen molar-refractivity contribution in [2.75, 3.05) is 13.1 Å². The Morgan fingerprint density at radius 2 is 2.67 bits per heavy atom. The molecule has 1 unspecified atom stereocenters. The molecule has 0 bridgehead atoms. The molecule has 1 saturated heterocycles. The smallest absolute Gasteiger partial charge is 0.108 e. The van der Waals surface area contributed by atoms with E-state index in [0.29, 0.717) is 6.04 Å². The Kier molecular flexibility index (Phi) is 2.13. The first-order valence-electron chi connectivity index (χ1n) is 4.64. The third kappa shape index (κ3) is 1.25. The van der Waals surface area contributed by atoms with Crippen LogP contribution >= 0.6 is 0 Å². The predicted molar refractivity (Wildman–Crippen MR) is 48.1 cm³/mol. The second-order valence-corrected chi connectivity index (χ2v) is 3.25. The largest absolute Gasteiger partial charge is 0.331 e. The summed E-state index contributed by atoms with van der Waals surface area (Å²) in [5, 5.41) is 3.36. The zero-order chi connectivity index (χ0) is 8.39. The molecule has 1 aliphatic rings. The van der Waals surface area contributed by atoms with E-state index < -0.39 is 0 Å². The minimum Gasteiger partial charge on any atom is -0.331 e. The SMILES string of the molecule is CCc1nccn1C1CCNC1. The van der Waals surface area contributed by atoms with Crippen molar-refractivity contribution >= 4 is 0 Å². The molecule has 12 heavy (non-hydrogen) atoms. The first kappa shape index (κ1) is 7.80. The van der Waals surface area contributed by atoms with Crippen LogP contribution in [-0.2, 0) is 6.42 Å². The molecule has 0 saturated carbocycles. The summed E-state index contributed by atoms with van der Waals surface area (Å²) in [6.45, 7) is 4.40. The molecular weight excluding hydrogens is 150 g/mol. The Morgan fingerprint density at radius 3 is 3.33 bits per heavy atom. The van der Waals surface area contributed by atoms with Crippen LogP contribution in [0.4, 0.5) is 0 Å². The number of aromatic nitrogens is 2. The van der Waals surface area contributed by atoms with E-state index in [9.17, 15) is 0 Å². The van der Waals surface area contributed by atoms with Crippen molar-refractivity contribution in [3.63, 3.8) is 0 Å². The predicted octanol–water partition coefficient (Wildman–Crippen LogP) is 0.980. The van der Waals surface area contributed by atoms with Crippen LogP contribution in [-0.4, -0.2) is 22.6 Å². The minimum atomic E-state index is 0.641. The number of nitrogens with one attached hydrogen (secondary N) is 1. The first-order valence-corrected chi connectivity index (χ1v) is 4.64. The highest BCUT2D eigenvalue weighted by atomic mass is 15.1. The molecule has 0 radical (unpaired) electrons. The highest BCUT2D eigenvalue weighted by Crippen LogP contribution is 2.16. The van der Waals surface area contributed by atoms with Gasteiger partial charge in [0, 0.05) is 31.4 Å². The van der Waals surface area contributed by atoms with Crippen LogP contribution in [0.15, 0.2) is 12.4 Å². The molecule has 1 aromatic rings. The lowest BCUT2D eigenvalue weighted by atomic mass is 10.2. The second kappa shape index (κ2) is 3.27. The molecule has 1 aromatic heterocycles. The summed E-state index contributed by atoms with van der Waals surface area (Å²) < 4.78 is 2.31. The number of nitrogens with zero attached hydrogens (tertiary/aromatic N) is 2. The van der Waals surface area contributed by atoms with Crippen molar-refractivity contribution in [1.82, 2.24) is 14.9 Å². The maximum atomic E-state index is 4.31. The van der Waals surface area contributed by atoms with Gasteiger partial charge in [-0.25, -0.2) is 4.98 Å². The van der Waals surface area contributed by atoms with E-state index in [2.05, 4.69) is 28.0 Å². The van der Waals surface area contributed by atoms with Gasteiger partial charge < -0.3 is 9.88 Å². The lowest BCUT2D eigenvalue weighted by molar-refractivity contribution is 0.525. The molecule has 3 heteroatoms. The van der Waals surface area contributed by atoms with E-state index in [4.69, 9.17) is 0 Å². The third-order valence-electron chi connectivity index (χ3n) is 2.49. The van der Waals surface area contributed by atoms with Gasteiger partial charge in [-0.2, -0.15) is 0 Å². The lowest BCUT2D eigenvalue weighted by Gasteiger charge is -2.12. The zero-order valence-electron chi connectivity index (χ0n) is 7.45. The molecule has 0 aromatic carbocycles. The monoisotopic (exact) mass is 165 g/mol. The van der Waals surface area contributed by atoms with Crippen molar-refractivity contribution in [1.29, 1.82) is 0 Å². The number of hydrogen-bond acceptors (Lipinski definition) is 2. The summed E-state index contributed by atoms with van der Waals surface area (Å²) in [6.07, 6.45) is 6.26. The van der Waals surface area contributed by atoms with Crippen LogP contribution in [0, 0.1) is 0 Å². The molecule has 1 fully saturated rings.